The van der Waals surface area contributed by atoms with Crippen molar-refractivity contribution in [1.29, 1.82) is 0 Å². The van der Waals surface area contributed by atoms with Crippen molar-refractivity contribution in [3.63, 3.8) is 0 Å². The van der Waals surface area contributed by atoms with Gasteiger partial charge in [-0.15, -0.1) is 0 Å². The average molecular weight is 261 g/mol. The van der Waals surface area contributed by atoms with E-state index < -0.39 is 0 Å². The first kappa shape index (κ1) is 16.2. The lowest BCUT2D eigenvalue weighted by Gasteiger charge is -2.20. The van der Waals surface area contributed by atoms with Crippen LogP contribution in [0.3, 0.4) is 0 Å². The van der Waals surface area contributed by atoms with Gasteiger partial charge in [-0.2, -0.15) is 0 Å². The van der Waals surface area contributed by atoms with E-state index in [1.807, 2.05) is 0 Å². The lowest BCUT2D eigenvalue weighted by Crippen LogP contribution is -2.27. The zero-order chi connectivity index (χ0) is 14.5. The number of benzene rings is 1. The van der Waals surface area contributed by atoms with Gasteiger partial charge >= 0.3 is 0 Å². The normalized spacial score (nSPS) is 15.3. The molecule has 0 radical (unpaired) electrons. The molecule has 0 spiro atoms. The van der Waals surface area contributed by atoms with Crippen molar-refractivity contribution in [1.82, 2.24) is 5.32 Å². The molecule has 1 heteroatoms. The van der Waals surface area contributed by atoms with Crippen molar-refractivity contribution in [2.24, 2.45) is 5.92 Å². The molecule has 0 fully saturated rings. The summed E-state index contributed by atoms with van der Waals surface area (Å²) in [5.74, 6) is 0.731. The Labute approximate surface area is 119 Å². The second kappa shape index (κ2) is 7.09. The highest BCUT2D eigenvalue weighted by atomic mass is 14.9. The van der Waals surface area contributed by atoms with Crippen molar-refractivity contribution >= 4 is 0 Å². The van der Waals surface area contributed by atoms with Gasteiger partial charge in [-0.1, -0.05) is 58.9 Å². The first-order valence-electron chi connectivity index (χ1n) is 7.65. The van der Waals surface area contributed by atoms with E-state index in [0.29, 0.717) is 6.04 Å². The summed E-state index contributed by atoms with van der Waals surface area (Å²) in [6, 6.07) is 9.80. The monoisotopic (exact) mass is 261 g/mol. The predicted molar refractivity (Wildman–Crippen MR) is 85.8 cm³/mol. The van der Waals surface area contributed by atoms with Crippen molar-refractivity contribution < 1.29 is 0 Å². The Morgan fingerprint density at radius 3 is 2.11 bits per heavy atom. The van der Waals surface area contributed by atoms with E-state index >= 15 is 0 Å². The Balaban J connectivity index is 2.53. The summed E-state index contributed by atoms with van der Waals surface area (Å²) in [6.07, 6.45) is 2.43. The third-order valence-corrected chi connectivity index (χ3v) is 3.71. The molecule has 0 aliphatic rings. The van der Waals surface area contributed by atoms with Gasteiger partial charge in [-0.25, -0.2) is 0 Å². The van der Waals surface area contributed by atoms with Gasteiger partial charge in [-0.05, 0) is 48.8 Å². The summed E-state index contributed by atoms with van der Waals surface area (Å²) in [4.78, 5) is 0. The summed E-state index contributed by atoms with van der Waals surface area (Å²) in [5.41, 5.74) is 3.14. The van der Waals surface area contributed by atoms with Crippen LogP contribution in [0.15, 0.2) is 24.3 Å². The van der Waals surface area contributed by atoms with Crippen LogP contribution in [0.4, 0.5) is 0 Å². The van der Waals surface area contributed by atoms with Crippen LogP contribution in [0.1, 0.15) is 59.1 Å². The van der Waals surface area contributed by atoms with Crippen LogP contribution < -0.4 is 5.32 Å². The van der Waals surface area contributed by atoms with Crippen LogP contribution in [0.2, 0.25) is 0 Å². The van der Waals surface area contributed by atoms with Gasteiger partial charge < -0.3 is 5.32 Å². The molecule has 1 N–H and O–H groups in total. The van der Waals surface area contributed by atoms with Crippen molar-refractivity contribution in [3.8, 4) is 0 Å². The smallest absolute Gasteiger partial charge is 0.00412 e. The number of hydrogen-bond acceptors (Lipinski definition) is 1. The molecule has 1 nitrogen and oxygen atoms in total. The van der Waals surface area contributed by atoms with Crippen LogP contribution >= 0.6 is 0 Å². The first-order chi connectivity index (χ1) is 8.82. The molecule has 0 bridgehead atoms. The summed E-state index contributed by atoms with van der Waals surface area (Å²) in [5, 5.41) is 3.49. The summed E-state index contributed by atoms with van der Waals surface area (Å²) >= 11 is 0. The third kappa shape index (κ3) is 5.78. The Morgan fingerprint density at radius 1 is 1.05 bits per heavy atom. The second-order valence-electron chi connectivity index (χ2n) is 6.95. The highest BCUT2D eigenvalue weighted by Gasteiger charge is 2.13. The molecule has 0 saturated heterocycles. The van der Waals surface area contributed by atoms with E-state index in [-0.39, 0.29) is 5.41 Å². The van der Waals surface area contributed by atoms with Gasteiger partial charge in [0.25, 0.3) is 0 Å². The molecule has 108 valence electrons. The SMILES string of the molecule is CCNC(C)CC(C)Cc1ccc(C(C)(C)C)cc1. The highest BCUT2D eigenvalue weighted by Crippen LogP contribution is 2.23. The molecule has 0 aromatic heterocycles. The molecule has 0 heterocycles. The Morgan fingerprint density at radius 2 is 1.63 bits per heavy atom. The Hall–Kier alpha value is -0.820. The zero-order valence-corrected chi connectivity index (χ0v) is 13.6. The molecule has 1 aromatic carbocycles. The van der Waals surface area contributed by atoms with E-state index in [4.69, 9.17) is 0 Å². The number of hydrogen-bond donors (Lipinski definition) is 1. The zero-order valence-electron chi connectivity index (χ0n) is 13.6. The van der Waals surface area contributed by atoms with Crippen molar-refractivity contribution in [2.75, 3.05) is 6.54 Å². The average Bonchev–Trinajstić information content (AvgIpc) is 2.28. The van der Waals surface area contributed by atoms with Gasteiger partial charge in [0.2, 0.25) is 0 Å². The Kier molecular flexibility index (Phi) is 6.06. The molecule has 2 unspecified atom stereocenters. The molecule has 0 aliphatic heterocycles. The van der Waals surface area contributed by atoms with Gasteiger partial charge in [-0.3, -0.25) is 0 Å². The lowest BCUT2D eigenvalue weighted by atomic mass is 9.86. The van der Waals surface area contributed by atoms with Crippen LogP contribution in [0, 0.1) is 5.92 Å². The molecular weight excluding hydrogens is 230 g/mol. The van der Waals surface area contributed by atoms with E-state index in [0.717, 1.165) is 12.5 Å². The van der Waals surface area contributed by atoms with Gasteiger partial charge in [0, 0.05) is 6.04 Å². The summed E-state index contributed by atoms with van der Waals surface area (Å²) in [6.45, 7) is 14.7. The lowest BCUT2D eigenvalue weighted by molar-refractivity contribution is 0.426. The van der Waals surface area contributed by atoms with E-state index in [2.05, 4.69) is 71.1 Å². The van der Waals surface area contributed by atoms with E-state index in [9.17, 15) is 0 Å². The largest absolute Gasteiger partial charge is 0.315 e. The molecule has 0 aliphatic carbocycles. The molecule has 1 aromatic rings. The maximum absolute atomic E-state index is 3.49. The molecule has 1 rings (SSSR count). The topological polar surface area (TPSA) is 12.0 Å². The summed E-state index contributed by atoms with van der Waals surface area (Å²) in [7, 11) is 0. The van der Waals surface area contributed by atoms with Crippen LogP contribution in [0.5, 0.6) is 0 Å². The second-order valence-corrected chi connectivity index (χ2v) is 6.95. The minimum atomic E-state index is 0.254. The van der Waals surface area contributed by atoms with Crippen LogP contribution in [-0.2, 0) is 11.8 Å². The fourth-order valence-electron chi connectivity index (χ4n) is 2.66. The van der Waals surface area contributed by atoms with Gasteiger partial charge in [0.05, 0.1) is 0 Å². The van der Waals surface area contributed by atoms with Crippen LogP contribution in [0.25, 0.3) is 0 Å². The minimum absolute atomic E-state index is 0.254. The van der Waals surface area contributed by atoms with Crippen molar-refractivity contribution in [3.05, 3.63) is 35.4 Å². The first-order valence-corrected chi connectivity index (χ1v) is 7.65. The fraction of sp³-hybridized carbons (Fsp3) is 0.667. The predicted octanol–water partition coefficient (Wildman–Crippen LogP) is 4.55. The maximum Gasteiger partial charge on any atom is 0.00412 e. The molecule has 0 amide bonds. The molecule has 0 saturated carbocycles. The Bertz CT molecular complexity index is 358. The van der Waals surface area contributed by atoms with Crippen molar-refractivity contribution in [2.45, 2.75) is 65.8 Å². The van der Waals surface area contributed by atoms with Gasteiger partial charge in [0.1, 0.15) is 0 Å². The number of nitrogens with one attached hydrogen (secondary N) is 1. The molecule has 19 heavy (non-hydrogen) atoms. The third-order valence-electron chi connectivity index (χ3n) is 3.71. The molecule has 2 atom stereocenters. The maximum atomic E-state index is 3.49. The number of rotatable bonds is 6. The van der Waals surface area contributed by atoms with E-state index in [1.54, 1.807) is 0 Å². The minimum Gasteiger partial charge on any atom is -0.315 e. The van der Waals surface area contributed by atoms with Crippen LogP contribution in [-0.4, -0.2) is 12.6 Å². The van der Waals surface area contributed by atoms with Gasteiger partial charge in [0.15, 0.2) is 0 Å². The molecular formula is C18H31N. The van der Waals surface area contributed by atoms with E-state index in [1.165, 1.54) is 24.0 Å². The quantitative estimate of drug-likeness (QED) is 0.792. The summed E-state index contributed by atoms with van der Waals surface area (Å²) < 4.78 is 0. The fourth-order valence-corrected chi connectivity index (χ4v) is 2.66. The standard InChI is InChI=1S/C18H31N/c1-7-19-15(3)12-14(2)13-16-8-10-17(11-9-16)18(4,5)6/h8-11,14-15,19H,7,12-13H2,1-6H3. The highest BCUT2D eigenvalue weighted by molar-refractivity contribution is 5.27.